The minimum atomic E-state index is -2.01. The van der Waals surface area contributed by atoms with E-state index in [9.17, 15) is 19.1 Å². The van der Waals surface area contributed by atoms with Crippen molar-refractivity contribution in [2.24, 2.45) is 10.8 Å². The highest BCUT2D eigenvalue weighted by atomic mass is 19.1. The predicted octanol–water partition coefficient (Wildman–Crippen LogP) is 1.12. The van der Waals surface area contributed by atoms with Gasteiger partial charge in [0.1, 0.15) is 11.8 Å². The van der Waals surface area contributed by atoms with Gasteiger partial charge >= 0.3 is 11.9 Å². The molecule has 1 heterocycles. The number of hydrogen-bond acceptors (Lipinski definition) is 4. The Hall–Kier alpha value is -1.17. The molecule has 19 heavy (non-hydrogen) atoms. The lowest BCUT2D eigenvalue weighted by molar-refractivity contribution is -0.172. The van der Waals surface area contributed by atoms with Crippen LogP contribution in [0.2, 0.25) is 0 Å². The Kier molecular flexibility index (Phi) is 3.12. The number of esters is 1. The van der Waals surface area contributed by atoms with E-state index < -0.39 is 34.5 Å². The Balaban J connectivity index is 2.31. The second kappa shape index (κ2) is 4.16. The molecule has 0 aromatic rings. The van der Waals surface area contributed by atoms with Crippen molar-refractivity contribution in [3.8, 4) is 0 Å². The summed E-state index contributed by atoms with van der Waals surface area (Å²) in [5.41, 5.74) is -3.93. The second-order valence-corrected chi connectivity index (χ2v) is 6.38. The molecule has 2 aliphatic rings. The number of piperidine rings is 1. The summed E-state index contributed by atoms with van der Waals surface area (Å²) in [5, 5.41) is 12.5. The molecule has 0 aromatic heterocycles. The molecule has 108 valence electrons. The number of hydrogen-bond donors (Lipinski definition) is 2. The topological polar surface area (TPSA) is 75.6 Å². The molecule has 6 heteroatoms. The number of carboxylic acid groups (broad SMARTS) is 1. The minimum absolute atomic E-state index is 0.347. The Morgan fingerprint density at radius 1 is 1.32 bits per heavy atom. The van der Waals surface area contributed by atoms with Crippen molar-refractivity contribution in [2.45, 2.75) is 45.4 Å². The normalized spacial score (nSPS) is 32.9. The lowest BCUT2D eigenvalue weighted by Crippen LogP contribution is -2.41. The first kappa shape index (κ1) is 14.2. The van der Waals surface area contributed by atoms with Gasteiger partial charge in [0.05, 0.1) is 0 Å². The van der Waals surface area contributed by atoms with E-state index in [1.165, 1.54) is 0 Å². The van der Waals surface area contributed by atoms with Crippen molar-refractivity contribution >= 4 is 11.9 Å². The van der Waals surface area contributed by atoms with Gasteiger partial charge in [-0.05, 0) is 46.7 Å². The fourth-order valence-corrected chi connectivity index (χ4v) is 3.14. The van der Waals surface area contributed by atoms with Crippen LogP contribution in [-0.2, 0) is 14.3 Å². The van der Waals surface area contributed by atoms with Crippen LogP contribution >= 0.6 is 0 Å². The van der Waals surface area contributed by atoms with Crippen molar-refractivity contribution < 1.29 is 23.8 Å². The third-order valence-electron chi connectivity index (χ3n) is 4.12. The Morgan fingerprint density at radius 2 is 1.84 bits per heavy atom. The highest BCUT2D eigenvalue weighted by Gasteiger charge is 2.87. The zero-order valence-electron chi connectivity index (χ0n) is 11.5. The van der Waals surface area contributed by atoms with Crippen molar-refractivity contribution in [1.29, 1.82) is 0 Å². The summed E-state index contributed by atoms with van der Waals surface area (Å²) in [6.45, 7) is 5.98. The number of halogens is 1. The molecule has 5 nitrogen and oxygen atoms in total. The Bertz CT molecular complexity index is 411. The lowest BCUT2D eigenvalue weighted by Gasteiger charge is -2.27. The molecule has 0 amide bonds. The van der Waals surface area contributed by atoms with E-state index in [4.69, 9.17) is 4.74 Å². The highest BCUT2D eigenvalue weighted by Crippen LogP contribution is 2.71. The summed E-state index contributed by atoms with van der Waals surface area (Å²) in [5.74, 6) is -2.35. The maximum atomic E-state index is 14.3. The Labute approximate surface area is 111 Å². The van der Waals surface area contributed by atoms with Gasteiger partial charge in [-0.25, -0.2) is 4.39 Å². The van der Waals surface area contributed by atoms with Crippen LogP contribution in [0.5, 0.6) is 0 Å². The lowest BCUT2D eigenvalue weighted by atomic mass is 9.84. The molecule has 2 atom stereocenters. The molecule has 2 N–H and O–H groups in total. The average molecular weight is 273 g/mol. The van der Waals surface area contributed by atoms with Gasteiger partial charge in [0.2, 0.25) is 5.41 Å². The first-order chi connectivity index (χ1) is 8.68. The zero-order chi connectivity index (χ0) is 14.5. The van der Waals surface area contributed by atoms with Gasteiger partial charge in [-0.2, -0.15) is 0 Å². The van der Waals surface area contributed by atoms with E-state index >= 15 is 0 Å². The van der Waals surface area contributed by atoms with Crippen LogP contribution in [0.15, 0.2) is 0 Å². The number of alkyl halides is 1. The minimum Gasteiger partial charge on any atom is -0.480 e. The van der Waals surface area contributed by atoms with Crippen LogP contribution in [0.25, 0.3) is 0 Å². The van der Waals surface area contributed by atoms with Gasteiger partial charge < -0.3 is 15.2 Å². The standard InChI is InChI=1S/C13H20FNO4/c1-11(2,3)19-10(18)13(9(16)17)8(14)12(13)4-6-15-7-5-12/h8,15H,4-7H2,1-3H3,(H,16,17). The molecular formula is C13H20FNO4. The summed E-state index contributed by atoms with van der Waals surface area (Å²) in [6, 6.07) is 0. The van der Waals surface area contributed by atoms with Gasteiger partial charge in [0.25, 0.3) is 0 Å². The molecule has 2 unspecified atom stereocenters. The number of carboxylic acids is 1. The molecule has 2 rings (SSSR count). The van der Waals surface area contributed by atoms with E-state index in [-0.39, 0.29) is 0 Å². The van der Waals surface area contributed by atoms with Gasteiger partial charge in [0, 0.05) is 5.41 Å². The van der Waals surface area contributed by atoms with Crippen LogP contribution in [0.3, 0.4) is 0 Å². The largest absolute Gasteiger partial charge is 0.480 e. The van der Waals surface area contributed by atoms with E-state index in [0.717, 1.165) is 0 Å². The maximum absolute atomic E-state index is 14.3. The molecule has 0 bridgehead atoms. The molecule has 2 fully saturated rings. The van der Waals surface area contributed by atoms with Gasteiger partial charge in [-0.1, -0.05) is 0 Å². The summed E-state index contributed by atoms with van der Waals surface area (Å²) in [4.78, 5) is 23.7. The zero-order valence-corrected chi connectivity index (χ0v) is 11.5. The highest BCUT2D eigenvalue weighted by molar-refractivity contribution is 6.06. The van der Waals surface area contributed by atoms with E-state index in [2.05, 4.69) is 5.32 Å². The van der Waals surface area contributed by atoms with Gasteiger partial charge in [-0.15, -0.1) is 0 Å². The molecule has 0 aromatic carbocycles. The molecule has 1 aliphatic heterocycles. The first-order valence-electron chi connectivity index (χ1n) is 6.50. The number of rotatable bonds is 2. The van der Waals surface area contributed by atoms with E-state index in [1.54, 1.807) is 20.8 Å². The fraction of sp³-hybridized carbons (Fsp3) is 0.846. The number of carbonyl (C=O) groups excluding carboxylic acids is 1. The van der Waals surface area contributed by atoms with E-state index in [1.807, 2.05) is 0 Å². The van der Waals surface area contributed by atoms with Crippen molar-refractivity contribution in [3.63, 3.8) is 0 Å². The quantitative estimate of drug-likeness (QED) is 0.582. The van der Waals surface area contributed by atoms with Gasteiger partial charge in [0.15, 0.2) is 0 Å². The number of nitrogens with one attached hydrogen (secondary N) is 1. The van der Waals surface area contributed by atoms with Crippen LogP contribution < -0.4 is 5.32 Å². The second-order valence-electron chi connectivity index (χ2n) is 6.38. The molecule has 0 radical (unpaired) electrons. The smallest absolute Gasteiger partial charge is 0.327 e. The summed E-state index contributed by atoms with van der Waals surface area (Å²) in [6.07, 6.45) is -0.964. The Morgan fingerprint density at radius 3 is 2.26 bits per heavy atom. The number of carbonyl (C=O) groups is 2. The first-order valence-corrected chi connectivity index (χ1v) is 6.50. The van der Waals surface area contributed by atoms with Crippen LogP contribution in [-0.4, -0.2) is 41.9 Å². The van der Waals surface area contributed by atoms with Crippen LogP contribution in [0, 0.1) is 10.8 Å². The third-order valence-corrected chi connectivity index (χ3v) is 4.12. The summed E-state index contributed by atoms with van der Waals surface area (Å²) < 4.78 is 19.5. The number of ether oxygens (including phenoxy) is 1. The average Bonchev–Trinajstić information content (AvgIpc) is 2.77. The molecular weight excluding hydrogens is 253 g/mol. The molecule has 1 spiro atoms. The molecule has 1 saturated heterocycles. The van der Waals surface area contributed by atoms with Crippen molar-refractivity contribution in [1.82, 2.24) is 5.32 Å². The molecule has 1 saturated carbocycles. The molecule has 1 aliphatic carbocycles. The van der Waals surface area contributed by atoms with Gasteiger partial charge in [-0.3, -0.25) is 9.59 Å². The number of aliphatic carboxylic acids is 1. The predicted molar refractivity (Wildman–Crippen MR) is 65.3 cm³/mol. The van der Waals surface area contributed by atoms with E-state index in [0.29, 0.717) is 25.9 Å². The SMILES string of the molecule is CC(C)(C)OC(=O)C1(C(=O)O)C(F)C12CCNCC2. The van der Waals surface area contributed by atoms with Crippen molar-refractivity contribution in [2.75, 3.05) is 13.1 Å². The fourth-order valence-electron chi connectivity index (χ4n) is 3.14. The monoisotopic (exact) mass is 273 g/mol. The maximum Gasteiger partial charge on any atom is 0.327 e. The third kappa shape index (κ3) is 1.84. The van der Waals surface area contributed by atoms with Crippen molar-refractivity contribution in [3.05, 3.63) is 0 Å². The summed E-state index contributed by atoms with van der Waals surface area (Å²) in [7, 11) is 0. The summed E-state index contributed by atoms with van der Waals surface area (Å²) >= 11 is 0. The van der Waals surface area contributed by atoms with Crippen LogP contribution in [0.4, 0.5) is 4.39 Å². The van der Waals surface area contributed by atoms with Crippen LogP contribution in [0.1, 0.15) is 33.6 Å².